The average Bonchev–Trinajstić information content (AvgIpc) is 3.67. The molecule has 0 bridgehead atoms. The number of hydrogen-bond donors (Lipinski definition) is 0. The second-order valence-corrected chi connectivity index (χ2v) is 13.6. The van der Waals surface area contributed by atoms with Crippen LogP contribution >= 0.6 is 0 Å². The van der Waals surface area contributed by atoms with Crippen molar-refractivity contribution >= 4 is 10.9 Å². The number of para-hydroxylation sites is 1. The molecule has 3 heterocycles. The van der Waals surface area contributed by atoms with Crippen LogP contribution in [-0.4, -0.2) is 24.5 Å². The smallest absolute Gasteiger partial charge is 0.239 e. The van der Waals surface area contributed by atoms with Gasteiger partial charge in [-0.3, -0.25) is 4.57 Å². The molecule has 0 fully saturated rings. The molecule has 0 unspecified atom stereocenters. The van der Waals surface area contributed by atoms with E-state index in [1.165, 1.54) is 11.1 Å². The highest BCUT2D eigenvalue weighted by molar-refractivity contribution is 6.04. The molecule has 0 amide bonds. The topological polar surface area (TPSA) is 56.5 Å². The van der Waals surface area contributed by atoms with Gasteiger partial charge < -0.3 is 0 Å². The van der Waals surface area contributed by atoms with E-state index in [1.54, 1.807) is 0 Å². The van der Waals surface area contributed by atoms with Gasteiger partial charge in [-0.05, 0) is 69.3 Å². The summed E-state index contributed by atoms with van der Waals surface area (Å²) in [5, 5.41) is 1.08. The molecule has 0 N–H and O–H groups in total. The number of fused-ring (bicyclic) bond motifs is 3. The maximum Gasteiger partial charge on any atom is 0.239 e. The van der Waals surface area contributed by atoms with Gasteiger partial charge in [-0.1, -0.05) is 164 Å². The Morgan fingerprint density at radius 3 is 1.29 bits per heavy atom. The number of pyridine rings is 1. The molecule has 0 aliphatic carbocycles. The van der Waals surface area contributed by atoms with Crippen LogP contribution < -0.4 is 0 Å². The summed E-state index contributed by atoms with van der Waals surface area (Å²) in [6, 6.07) is 67.3. The molecule has 1 aromatic heterocycles. The lowest BCUT2D eigenvalue weighted by Gasteiger charge is -2.13. The Kier molecular flexibility index (Phi) is 8.08. The molecule has 0 saturated carbocycles. The van der Waals surface area contributed by atoms with Crippen molar-refractivity contribution < 1.29 is 0 Å². The Balaban J connectivity index is 1.15. The summed E-state index contributed by atoms with van der Waals surface area (Å²) in [6.45, 7) is 0. The van der Waals surface area contributed by atoms with E-state index >= 15 is 0 Å². The predicted molar refractivity (Wildman–Crippen MR) is 224 cm³/mol. The van der Waals surface area contributed by atoms with Crippen LogP contribution in [0.5, 0.6) is 0 Å². The van der Waals surface area contributed by atoms with E-state index in [4.69, 9.17) is 19.9 Å². The van der Waals surface area contributed by atoms with E-state index in [2.05, 4.69) is 170 Å². The van der Waals surface area contributed by atoms with E-state index in [1.807, 2.05) is 35.0 Å². The zero-order chi connectivity index (χ0) is 36.6. The molecule has 2 aliphatic heterocycles. The SMILES string of the molecule is c1ccc(-c2cccc(-c3nc(-c4cccc(-c5ccccc5)c4)nc(-n4cccc5c6cccc(-c7cccc(-c8ccccc8)c7)c6nc4-5)n3)c2)cc1. The Bertz CT molecular complexity index is 2820. The fourth-order valence-electron chi connectivity index (χ4n) is 7.37. The maximum atomic E-state index is 5.35. The van der Waals surface area contributed by atoms with Gasteiger partial charge >= 0.3 is 0 Å². The molecule has 5 nitrogen and oxygen atoms in total. The quantitative estimate of drug-likeness (QED) is 0.166. The first-order chi connectivity index (χ1) is 27.2. The normalized spacial score (nSPS) is 11.3. The van der Waals surface area contributed by atoms with Gasteiger partial charge in [0.15, 0.2) is 11.6 Å². The lowest BCUT2D eigenvalue weighted by atomic mass is 9.97. The number of benzene rings is 7. The average molecular weight is 704 g/mol. The largest absolute Gasteiger partial charge is 0.269 e. The van der Waals surface area contributed by atoms with Gasteiger partial charge in [0.05, 0.1) is 5.52 Å². The lowest BCUT2D eigenvalue weighted by molar-refractivity contribution is 0.892. The highest BCUT2D eigenvalue weighted by Crippen LogP contribution is 2.38. The van der Waals surface area contributed by atoms with Crippen LogP contribution in [0.25, 0.3) is 95.5 Å². The van der Waals surface area contributed by atoms with Crippen LogP contribution in [0.1, 0.15) is 0 Å². The third-order valence-corrected chi connectivity index (χ3v) is 10.1. The number of aromatic nitrogens is 5. The first-order valence-corrected chi connectivity index (χ1v) is 18.4. The molecule has 258 valence electrons. The molecule has 7 aromatic carbocycles. The fraction of sp³-hybridized carbons (Fsp3) is 0. The van der Waals surface area contributed by atoms with Crippen molar-refractivity contribution in [2.75, 3.05) is 0 Å². The Labute approximate surface area is 319 Å². The van der Waals surface area contributed by atoms with Gasteiger partial charge in [-0.15, -0.1) is 0 Å². The van der Waals surface area contributed by atoms with E-state index in [9.17, 15) is 0 Å². The van der Waals surface area contributed by atoms with Gasteiger partial charge in [0, 0.05) is 33.8 Å². The molecule has 0 radical (unpaired) electrons. The molecule has 0 saturated heterocycles. The molecule has 5 heteroatoms. The third-order valence-electron chi connectivity index (χ3n) is 10.1. The summed E-state index contributed by atoms with van der Waals surface area (Å²) >= 11 is 0. The zero-order valence-electron chi connectivity index (χ0n) is 29.8. The van der Waals surface area contributed by atoms with Crippen LogP contribution in [-0.2, 0) is 0 Å². The summed E-state index contributed by atoms with van der Waals surface area (Å²) < 4.78 is 2.00. The van der Waals surface area contributed by atoms with Gasteiger partial charge in [0.25, 0.3) is 0 Å². The summed E-state index contributed by atoms with van der Waals surface area (Å²) in [7, 11) is 0. The van der Waals surface area contributed by atoms with E-state index in [-0.39, 0.29) is 0 Å². The zero-order valence-corrected chi connectivity index (χ0v) is 29.8. The van der Waals surface area contributed by atoms with Gasteiger partial charge in [0.1, 0.15) is 5.82 Å². The standard InChI is InChI=1S/C50H33N5/c1-4-15-34(16-5-1)37-21-10-24-40(31-37)43-27-13-28-44-45-29-14-30-55(49(45)51-46(43)44)50-53-47(41-25-11-22-38(32-41)35-17-6-2-7-18-35)52-48(54-50)42-26-12-23-39(33-42)36-19-8-3-9-20-36/h1-33H. The van der Waals surface area contributed by atoms with Crippen LogP contribution in [0, 0.1) is 0 Å². The third kappa shape index (κ3) is 6.14. The second-order valence-electron chi connectivity index (χ2n) is 13.6. The van der Waals surface area contributed by atoms with E-state index in [0.29, 0.717) is 17.6 Å². The summed E-state index contributed by atoms with van der Waals surface area (Å²) in [5.74, 6) is 2.45. The van der Waals surface area contributed by atoms with Crippen LogP contribution in [0.4, 0.5) is 0 Å². The monoisotopic (exact) mass is 703 g/mol. The number of hydrogen-bond acceptors (Lipinski definition) is 4. The van der Waals surface area contributed by atoms with E-state index < -0.39 is 0 Å². The van der Waals surface area contributed by atoms with Crippen molar-refractivity contribution in [1.29, 1.82) is 0 Å². The molecule has 10 rings (SSSR count). The van der Waals surface area contributed by atoms with Crippen molar-refractivity contribution in [1.82, 2.24) is 24.5 Å². The van der Waals surface area contributed by atoms with Crippen LogP contribution in [0.3, 0.4) is 0 Å². The molecule has 0 atom stereocenters. The molecule has 2 aliphatic rings. The molecule has 8 aromatic rings. The molecule has 0 spiro atoms. The first-order valence-electron chi connectivity index (χ1n) is 18.4. The fourth-order valence-corrected chi connectivity index (χ4v) is 7.37. The van der Waals surface area contributed by atoms with Crippen molar-refractivity contribution in [3.8, 4) is 84.6 Å². The second kappa shape index (κ2) is 13.8. The van der Waals surface area contributed by atoms with Crippen molar-refractivity contribution in [3.05, 3.63) is 200 Å². The van der Waals surface area contributed by atoms with Crippen LogP contribution in [0.15, 0.2) is 200 Å². The van der Waals surface area contributed by atoms with Gasteiger partial charge in [-0.2, -0.15) is 9.97 Å². The number of rotatable bonds is 7. The minimum atomic E-state index is 0.497. The summed E-state index contributed by atoms with van der Waals surface area (Å²) in [6.07, 6.45) is 1.99. The Morgan fingerprint density at radius 2 is 0.745 bits per heavy atom. The van der Waals surface area contributed by atoms with Crippen molar-refractivity contribution in [2.45, 2.75) is 0 Å². The maximum absolute atomic E-state index is 5.35. The van der Waals surface area contributed by atoms with Crippen molar-refractivity contribution in [3.63, 3.8) is 0 Å². The molecule has 55 heavy (non-hydrogen) atoms. The van der Waals surface area contributed by atoms with Gasteiger partial charge in [0.2, 0.25) is 5.95 Å². The summed E-state index contributed by atoms with van der Waals surface area (Å²) in [5.41, 5.74) is 12.7. The van der Waals surface area contributed by atoms with Gasteiger partial charge in [-0.25, -0.2) is 9.97 Å². The van der Waals surface area contributed by atoms with E-state index in [0.717, 1.165) is 66.8 Å². The first kappa shape index (κ1) is 32.2. The minimum absolute atomic E-state index is 0.497. The highest BCUT2D eigenvalue weighted by Gasteiger charge is 2.21. The molecular formula is C50H33N5. The Morgan fingerprint density at radius 1 is 0.309 bits per heavy atom. The molecular weight excluding hydrogens is 671 g/mol. The number of nitrogens with zero attached hydrogens (tertiary/aromatic N) is 5. The van der Waals surface area contributed by atoms with Crippen molar-refractivity contribution in [2.24, 2.45) is 0 Å². The van der Waals surface area contributed by atoms with Crippen LogP contribution in [0.2, 0.25) is 0 Å². The highest BCUT2D eigenvalue weighted by atomic mass is 15.2. The predicted octanol–water partition coefficient (Wildman–Crippen LogP) is 12.3. The minimum Gasteiger partial charge on any atom is -0.269 e. The summed E-state index contributed by atoms with van der Waals surface area (Å²) in [4.78, 5) is 20.8. The Hall–Kier alpha value is -7.50. The lowest BCUT2D eigenvalue weighted by Crippen LogP contribution is -2.09.